The summed E-state index contributed by atoms with van der Waals surface area (Å²) < 4.78 is 77.1. The third-order valence-corrected chi connectivity index (χ3v) is 3.97. The molecule has 0 heterocycles. The van der Waals surface area contributed by atoms with Crippen molar-refractivity contribution in [3.8, 4) is 5.75 Å². The molecule has 3 N–H and O–H groups in total. The molecule has 0 fully saturated rings. The number of hydrazone groups is 1. The first-order chi connectivity index (χ1) is 13.3. The van der Waals surface area contributed by atoms with Crippen molar-refractivity contribution in [2.45, 2.75) is 12.4 Å². The number of phenolic OH excluding ortho intramolecular Hbond substituents is 1. The molecule has 0 unspecified atom stereocenters. The Labute approximate surface area is 175 Å². The summed E-state index contributed by atoms with van der Waals surface area (Å²) >= 11 is 16.3. The van der Waals surface area contributed by atoms with Gasteiger partial charge in [-0.2, -0.15) is 31.4 Å². The molecule has 0 bridgehead atoms. The van der Waals surface area contributed by atoms with Gasteiger partial charge in [-0.25, -0.2) is 0 Å². The van der Waals surface area contributed by atoms with Crippen LogP contribution in [0.25, 0.3) is 0 Å². The number of rotatable bonds is 3. The van der Waals surface area contributed by atoms with Crippen LogP contribution in [0.1, 0.15) is 16.7 Å². The number of benzene rings is 2. The molecule has 13 heteroatoms. The molecule has 0 aliphatic heterocycles. The summed E-state index contributed by atoms with van der Waals surface area (Å²) in [5, 5.41) is 15.3. The van der Waals surface area contributed by atoms with Crippen LogP contribution >= 0.6 is 35.4 Å². The minimum atomic E-state index is -4.99. The van der Waals surface area contributed by atoms with Crippen molar-refractivity contribution in [2.24, 2.45) is 5.10 Å². The number of hydrogen-bond donors (Lipinski definition) is 3. The molecular formula is C16H9Cl2F6N3OS. The minimum Gasteiger partial charge on any atom is -0.506 e. The second-order valence-corrected chi connectivity index (χ2v) is 6.70. The number of thiocarbonyl (C=S) groups is 1. The molecule has 2 aromatic carbocycles. The molecule has 0 spiro atoms. The summed E-state index contributed by atoms with van der Waals surface area (Å²) in [7, 11) is 0. The summed E-state index contributed by atoms with van der Waals surface area (Å²) in [5.41, 5.74) is -1.26. The summed E-state index contributed by atoms with van der Waals surface area (Å²) in [6, 6.07) is 3.52. The first-order valence-corrected chi connectivity index (χ1v) is 8.51. The van der Waals surface area contributed by atoms with Gasteiger partial charge in [0.2, 0.25) is 0 Å². The van der Waals surface area contributed by atoms with Crippen LogP contribution in [-0.4, -0.2) is 16.4 Å². The predicted octanol–water partition coefficient (Wildman–Crippen LogP) is 6.06. The van der Waals surface area contributed by atoms with Gasteiger partial charge in [-0.1, -0.05) is 23.2 Å². The van der Waals surface area contributed by atoms with Crippen LogP contribution < -0.4 is 10.7 Å². The van der Waals surface area contributed by atoms with Crippen LogP contribution in [0, 0.1) is 0 Å². The lowest BCUT2D eigenvalue weighted by Gasteiger charge is -2.15. The zero-order valence-corrected chi connectivity index (χ0v) is 16.1. The third kappa shape index (κ3) is 6.38. The van der Waals surface area contributed by atoms with E-state index >= 15 is 0 Å². The lowest BCUT2D eigenvalue weighted by molar-refractivity contribution is -0.143. The molecule has 0 aromatic heterocycles. The van der Waals surface area contributed by atoms with Gasteiger partial charge < -0.3 is 10.4 Å². The van der Waals surface area contributed by atoms with E-state index in [4.69, 9.17) is 35.4 Å². The van der Waals surface area contributed by atoms with Crippen molar-refractivity contribution in [1.82, 2.24) is 5.43 Å². The highest BCUT2D eigenvalue weighted by atomic mass is 35.5. The van der Waals surface area contributed by atoms with Gasteiger partial charge in [0.25, 0.3) is 0 Å². The number of hydrogen-bond acceptors (Lipinski definition) is 3. The van der Waals surface area contributed by atoms with Gasteiger partial charge in [-0.05, 0) is 42.5 Å². The van der Waals surface area contributed by atoms with Gasteiger partial charge in [-0.3, -0.25) is 5.43 Å². The van der Waals surface area contributed by atoms with Crippen LogP contribution in [0.4, 0.5) is 32.0 Å². The summed E-state index contributed by atoms with van der Waals surface area (Å²) in [4.78, 5) is 0. The molecule has 0 radical (unpaired) electrons. The number of nitrogens with one attached hydrogen (secondary N) is 2. The number of nitrogens with zero attached hydrogens (tertiary/aromatic N) is 1. The van der Waals surface area contributed by atoms with Crippen LogP contribution in [0.5, 0.6) is 5.75 Å². The lowest BCUT2D eigenvalue weighted by atomic mass is 10.1. The van der Waals surface area contributed by atoms with Crippen LogP contribution in [0.2, 0.25) is 10.0 Å². The normalized spacial score (nSPS) is 12.3. The SMILES string of the molecule is Oc1c(Cl)cc(Cl)cc1/C=N\NC(=S)Nc1cc(C(F)(F)F)cc(C(F)(F)F)c1. The topological polar surface area (TPSA) is 56.7 Å². The molecule has 2 aromatic rings. The van der Waals surface area contributed by atoms with E-state index in [1.54, 1.807) is 0 Å². The number of anilines is 1. The Balaban J connectivity index is 2.18. The first-order valence-electron chi connectivity index (χ1n) is 7.35. The van der Waals surface area contributed by atoms with E-state index < -0.39 is 34.3 Å². The maximum atomic E-state index is 12.9. The second kappa shape index (κ2) is 8.64. The van der Waals surface area contributed by atoms with Crippen molar-refractivity contribution in [1.29, 1.82) is 0 Å². The maximum absolute atomic E-state index is 12.9. The number of aromatic hydroxyl groups is 1. The lowest BCUT2D eigenvalue weighted by Crippen LogP contribution is -2.24. The van der Waals surface area contributed by atoms with Crippen molar-refractivity contribution >= 4 is 52.4 Å². The number of halogens is 8. The molecule has 156 valence electrons. The molecule has 0 atom stereocenters. The van der Waals surface area contributed by atoms with E-state index in [1.165, 1.54) is 12.1 Å². The quantitative estimate of drug-likeness (QED) is 0.218. The van der Waals surface area contributed by atoms with E-state index in [0.717, 1.165) is 6.21 Å². The zero-order valence-electron chi connectivity index (χ0n) is 13.8. The van der Waals surface area contributed by atoms with E-state index in [9.17, 15) is 31.4 Å². The Bertz CT molecular complexity index is 931. The fraction of sp³-hybridized carbons (Fsp3) is 0.125. The van der Waals surface area contributed by atoms with Gasteiger partial charge in [0, 0.05) is 16.3 Å². The summed E-state index contributed by atoms with van der Waals surface area (Å²) in [5.74, 6) is -0.340. The van der Waals surface area contributed by atoms with Crippen LogP contribution in [0.15, 0.2) is 35.4 Å². The first kappa shape index (κ1) is 23.0. The molecule has 0 aliphatic carbocycles. The smallest absolute Gasteiger partial charge is 0.416 e. The van der Waals surface area contributed by atoms with Crippen LogP contribution in [-0.2, 0) is 12.4 Å². The Morgan fingerprint density at radius 2 is 1.52 bits per heavy atom. The molecule has 29 heavy (non-hydrogen) atoms. The molecule has 0 saturated carbocycles. The van der Waals surface area contributed by atoms with Gasteiger partial charge in [0.05, 0.1) is 22.4 Å². The fourth-order valence-corrected chi connectivity index (χ4v) is 2.71. The number of alkyl halides is 6. The highest BCUT2D eigenvalue weighted by molar-refractivity contribution is 7.80. The third-order valence-electron chi connectivity index (χ3n) is 3.27. The average molecular weight is 476 g/mol. The monoisotopic (exact) mass is 475 g/mol. The van der Waals surface area contributed by atoms with Crippen molar-refractivity contribution in [3.63, 3.8) is 0 Å². The average Bonchev–Trinajstić information content (AvgIpc) is 2.57. The van der Waals surface area contributed by atoms with Crippen molar-refractivity contribution in [2.75, 3.05) is 5.32 Å². The second-order valence-electron chi connectivity index (χ2n) is 5.44. The Morgan fingerprint density at radius 3 is 2.03 bits per heavy atom. The van der Waals surface area contributed by atoms with Gasteiger partial charge >= 0.3 is 12.4 Å². The number of phenols is 1. The minimum absolute atomic E-state index is 0.00846. The standard InChI is InChI=1S/C16H9Cl2F6N3OS/c17-10-1-7(13(28)12(18)5-10)6-25-27-14(29)26-11-3-8(15(19,20)21)2-9(4-11)16(22,23)24/h1-6,28H,(H2,26,27,29)/b25-6-. The van der Waals surface area contributed by atoms with Gasteiger partial charge in [0.15, 0.2) is 5.11 Å². The van der Waals surface area contributed by atoms with E-state index in [-0.39, 0.29) is 27.4 Å². The molecule has 2 rings (SSSR count). The largest absolute Gasteiger partial charge is 0.506 e. The van der Waals surface area contributed by atoms with E-state index in [1.807, 2.05) is 0 Å². The van der Waals surface area contributed by atoms with Gasteiger partial charge in [-0.15, -0.1) is 0 Å². The van der Waals surface area contributed by atoms with E-state index in [0.29, 0.717) is 12.1 Å². The Hall–Kier alpha value is -2.24. The fourth-order valence-electron chi connectivity index (χ4n) is 2.03. The van der Waals surface area contributed by atoms with Crippen LogP contribution in [0.3, 0.4) is 0 Å². The maximum Gasteiger partial charge on any atom is 0.416 e. The Kier molecular flexibility index (Phi) is 6.86. The summed E-state index contributed by atoms with van der Waals surface area (Å²) in [6.07, 6.45) is -8.93. The highest BCUT2D eigenvalue weighted by Crippen LogP contribution is 2.37. The molecule has 4 nitrogen and oxygen atoms in total. The molecule has 0 saturated heterocycles. The predicted molar refractivity (Wildman–Crippen MR) is 102 cm³/mol. The molecular weight excluding hydrogens is 467 g/mol. The molecule has 0 aliphatic rings. The highest BCUT2D eigenvalue weighted by Gasteiger charge is 2.37. The summed E-state index contributed by atoms with van der Waals surface area (Å²) in [6.45, 7) is 0. The van der Waals surface area contributed by atoms with Crippen molar-refractivity contribution < 1.29 is 31.4 Å². The van der Waals surface area contributed by atoms with Crippen molar-refractivity contribution in [3.05, 3.63) is 57.1 Å². The van der Waals surface area contributed by atoms with Gasteiger partial charge in [0.1, 0.15) is 5.75 Å². The van der Waals surface area contributed by atoms with E-state index in [2.05, 4.69) is 15.8 Å². The zero-order chi connectivity index (χ0) is 22.0. The molecule has 0 amide bonds. The Morgan fingerprint density at radius 1 is 0.966 bits per heavy atom.